The summed E-state index contributed by atoms with van der Waals surface area (Å²) in [6.45, 7) is 3.08. The minimum Gasteiger partial charge on any atom is -0.272 e. The molecule has 0 saturated heterocycles. The standard InChI is InChI=1S/C15H18N4S/c1-2-7-19-9-11(8-17-19)15(18-16)13-10-20-14-6-4-3-5-12(13)14/h3-6,8-10,15,18H,2,7,16H2,1H3. The van der Waals surface area contributed by atoms with E-state index in [2.05, 4.69) is 53.3 Å². The summed E-state index contributed by atoms with van der Waals surface area (Å²) >= 11 is 1.75. The number of thiophene rings is 1. The van der Waals surface area contributed by atoms with Crippen LogP contribution in [0.25, 0.3) is 10.1 Å². The van der Waals surface area contributed by atoms with Crippen LogP contribution in [0.1, 0.15) is 30.5 Å². The molecule has 5 heteroatoms. The predicted octanol–water partition coefficient (Wildman–Crippen LogP) is 3.06. The zero-order chi connectivity index (χ0) is 13.9. The Bertz CT molecular complexity index is 701. The summed E-state index contributed by atoms with van der Waals surface area (Å²) in [5.41, 5.74) is 5.24. The number of hydrazine groups is 1. The van der Waals surface area contributed by atoms with Gasteiger partial charge in [-0.15, -0.1) is 11.3 Å². The first-order valence-corrected chi connectivity index (χ1v) is 7.66. The molecule has 1 atom stereocenters. The largest absolute Gasteiger partial charge is 0.272 e. The van der Waals surface area contributed by atoms with Gasteiger partial charge in [0.2, 0.25) is 0 Å². The minimum atomic E-state index is -0.0169. The number of hydrogen-bond acceptors (Lipinski definition) is 4. The Kier molecular flexibility index (Phi) is 3.82. The molecule has 4 nitrogen and oxygen atoms in total. The fourth-order valence-electron chi connectivity index (χ4n) is 2.47. The maximum absolute atomic E-state index is 5.79. The molecule has 1 aromatic carbocycles. The van der Waals surface area contributed by atoms with Crippen LogP contribution in [0, 0.1) is 0 Å². The zero-order valence-corrected chi connectivity index (χ0v) is 12.2. The van der Waals surface area contributed by atoms with E-state index in [1.54, 1.807) is 11.3 Å². The quantitative estimate of drug-likeness (QED) is 0.560. The zero-order valence-electron chi connectivity index (χ0n) is 11.4. The second-order valence-electron chi connectivity index (χ2n) is 4.82. The number of benzene rings is 1. The first kappa shape index (κ1) is 13.3. The molecule has 0 spiro atoms. The lowest BCUT2D eigenvalue weighted by Crippen LogP contribution is -2.28. The van der Waals surface area contributed by atoms with Gasteiger partial charge in [0.25, 0.3) is 0 Å². The molecule has 0 saturated carbocycles. The highest BCUT2D eigenvalue weighted by Crippen LogP contribution is 2.32. The van der Waals surface area contributed by atoms with Crippen molar-refractivity contribution in [2.45, 2.75) is 25.9 Å². The number of fused-ring (bicyclic) bond motifs is 1. The van der Waals surface area contributed by atoms with Gasteiger partial charge in [0, 0.05) is 23.0 Å². The van der Waals surface area contributed by atoms with Gasteiger partial charge in [-0.05, 0) is 28.8 Å². The maximum Gasteiger partial charge on any atom is 0.0754 e. The van der Waals surface area contributed by atoms with E-state index in [0.29, 0.717) is 0 Å². The highest BCUT2D eigenvalue weighted by molar-refractivity contribution is 7.17. The van der Waals surface area contributed by atoms with Gasteiger partial charge >= 0.3 is 0 Å². The van der Waals surface area contributed by atoms with Crippen LogP contribution < -0.4 is 11.3 Å². The van der Waals surface area contributed by atoms with Crippen molar-refractivity contribution in [3.63, 3.8) is 0 Å². The van der Waals surface area contributed by atoms with Crippen molar-refractivity contribution in [3.8, 4) is 0 Å². The van der Waals surface area contributed by atoms with Crippen LogP contribution in [0.15, 0.2) is 42.0 Å². The molecule has 3 N–H and O–H groups in total. The Morgan fingerprint density at radius 2 is 2.25 bits per heavy atom. The summed E-state index contributed by atoms with van der Waals surface area (Å²) in [4.78, 5) is 0. The van der Waals surface area contributed by atoms with Crippen LogP contribution in [0.5, 0.6) is 0 Å². The molecular weight excluding hydrogens is 268 g/mol. The molecule has 0 bridgehead atoms. The van der Waals surface area contributed by atoms with Crippen molar-refractivity contribution in [2.24, 2.45) is 5.84 Å². The minimum absolute atomic E-state index is 0.0169. The van der Waals surface area contributed by atoms with E-state index < -0.39 is 0 Å². The number of aromatic nitrogens is 2. The lowest BCUT2D eigenvalue weighted by atomic mass is 10.0. The lowest BCUT2D eigenvalue weighted by molar-refractivity contribution is 0.598. The third-order valence-corrected chi connectivity index (χ3v) is 4.41. The van der Waals surface area contributed by atoms with Gasteiger partial charge in [0.05, 0.1) is 12.2 Å². The lowest BCUT2D eigenvalue weighted by Gasteiger charge is -2.13. The normalized spacial score (nSPS) is 12.9. The smallest absolute Gasteiger partial charge is 0.0754 e. The van der Waals surface area contributed by atoms with Gasteiger partial charge in [0.1, 0.15) is 0 Å². The maximum atomic E-state index is 5.79. The second kappa shape index (κ2) is 5.75. The topological polar surface area (TPSA) is 55.9 Å². The average Bonchev–Trinajstić information content (AvgIpc) is 3.09. The fourth-order valence-corrected chi connectivity index (χ4v) is 3.45. The van der Waals surface area contributed by atoms with E-state index in [0.717, 1.165) is 18.5 Å². The van der Waals surface area contributed by atoms with Gasteiger partial charge in [-0.2, -0.15) is 5.10 Å². The molecule has 1 unspecified atom stereocenters. The summed E-state index contributed by atoms with van der Waals surface area (Å²) in [5, 5.41) is 7.82. The van der Waals surface area contributed by atoms with E-state index in [-0.39, 0.29) is 6.04 Å². The number of nitrogens with two attached hydrogens (primary N) is 1. The second-order valence-corrected chi connectivity index (χ2v) is 5.73. The van der Waals surface area contributed by atoms with Gasteiger partial charge in [-0.25, -0.2) is 5.43 Å². The molecule has 0 fully saturated rings. The molecule has 2 heterocycles. The fraction of sp³-hybridized carbons (Fsp3) is 0.267. The van der Waals surface area contributed by atoms with Crippen molar-refractivity contribution in [1.82, 2.24) is 15.2 Å². The molecule has 0 aliphatic heterocycles. The first-order chi connectivity index (χ1) is 9.83. The SMILES string of the molecule is CCCn1cc(C(NN)c2csc3ccccc23)cn1. The number of hydrogen-bond donors (Lipinski definition) is 2. The van der Waals surface area contributed by atoms with E-state index in [4.69, 9.17) is 5.84 Å². The van der Waals surface area contributed by atoms with Crippen molar-refractivity contribution in [2.75, 3.05) is 0 Å². The van der Waals surface area contributed by atoms with Gasteiger partial charge < -0.3 is 0 Å². The van der Waals surface area contributed by atoms with E-state index >= 15 is 0 Å². The summed E-state index contributed by atoms with van der Waals surface area (Å²) in [7, 11) is 0. The molecule has 0 amide bonds. The summed E-state index contributed by atoms with van der Waals surface area (Å²) in [6, 6.07) is 8.38. The highest BCUT2D eigenvalue weighted by Gasteiger charge is 2.18. The molecule has 0 aliphatic carbocycles. The van der Waals surface area contributed by atoms with Gasteiger partial charge in [-0.1, -0.05) is 25.1 Å². The Morgan fingerprint density at radius 3 is 3.05 bits per heavy atom. The molecule has 3 aromatic rings. The molecular formula is C15H18N4S. The molecule has 2 aromatic heterocycles. The monoisotopic (exact) mass is 286 g/mol. The summed E-state index contributed by atoms with van der Waals surface area (Å²) in [6.07, 6.45) is 5.04. The Morgan fingerprint density at radius 1 is 1.40 bits per heavy atom. The van der Waals surface area contributed by atoms with Crippen molar-refractivity contribution >= 4 is 21.4 Å². The third-order valence-electron chi connectivity index (χ3n) is 3.43. The van der Waals surface area contributed by atoms with Crippen LogP contribution in [-0.4, -0.2) is 9.78 Å². The van der Waals surface area contributed by atoms with Crippen molar-refractivity contribution < 1.29 is 0 Å². The van der Waals surface area contributed by atoms with Crippen molar-refractivity contribution in [3.05, 3.63) is 53.2 Å². The molecule has 104 valence electrons. The van der Waals surface area contributed by atoms with Crippen LogP contribution in [0.4, 0.5) is 0 Å². The van der Waals surface area contributed by atoms with E-state index in [1.807, 2.05) is 10.9 Å². The molecule has 0 radical (unpaired) electrons. The molecule has 3 rings (SSSR count). The van der Waals surface area contributed by atoms with Crippen LogP contribution in [-0.2, 0) is 6.54 Å². The van der Waals surface area contributed by atoms with E-state index in [1.165, 1.54) is 15.6 Å². The van der Waals surface area contributed by atoms with Gasteiger partial charge in [0.15, 0.2) is 0 Å². The van der Waals surface area contributed by atoms with E-state index in [9.17, 15) is 0 Å². The number of nitrogens with one attached hydrogen (secondary N) is 1. The summed E-state index contributed by atoms with van der Waals surface area (Å²) in [5.74, 6) is 5.79. The van der Waals surface area contributed by atoms with Crippen LogP contribution >= 0.6 is 11.3 Å². The first-order valence-electron chi connectivity index (χ1n) is 6.78. The van der Waals surface area contributed by atoms with Crippen LogP contribution in [0.2, 0.25) is 0 Å². The predicted molar refractivity (Wildman–Crippen MR) is 83.5 cm³/mol. The average molecular weight is 286 g/mol. The van der Waals surface area contributed by atoms with Crippen LogP contribution in [0.3, 0.4) is 0 Å². The molecule has 20 heavy (non-hydrogen) atoms. The third kappa shape index (κ3) is 2.35. The molecule has 0 aliphatic rings. The Balaban J connectivity index is 2.00. The number of rotatable bonds is 5. The number of aryl methyl sites for hydroxylation is 1. The summed E-state index contributed by atoms with van der Waals surface area (Å²) < 4.78 is 3.25. The van der Waals surface area contributed by atoms with Crippen molar-refractivity contribution in [1.29, 1.82) is 0 Å². The Hall–Kier alpha value is -1.69. The number of nitrogens with zero attached hydrogens (tertiary/aromatic N) is 2. The van der Waals surface area contributed by atoms with Gasteiger partial charge in [-0.3, -0.25) is 10.5 Å². The Labute approximate surface area is 122 Å². The highest BCUT2D eigenvalue weighted by atomic mass is 32.1.